The van der Waals surface area contributed by atoms with Crippen LogP contribution in [0.15, 0.2) is 24.3 Å². The lowest BCUT2D eigenvalue weighted by Gasteiger charge is -2.24. The van der Waals surface area contributed by atoms with Crippen molar-refractivity contribution in [3.63, 3.8) is 0 Å². The number of carbonyl (C=O) groups excluding carboxylic acids is 4. The number of phenols is 1. The van der Waals surface area contributed by atoms with Crippen molar-refractivity contribution in [3.8, 4) is 5.75 Å². The van der Waals surface area contributed by atoms with Crippen LogP contribution in [0.1, 0.15) is 31.2 Å². The molecule has 0 saturated heterocycles. The summed E-state index contributed by atoms with van der Waals surface area (Å²) >= 11 is 0. The molecule has 1 rings (SSSR count). The van der Waals surface area contributed by atoms with Crippen LogP contribution in [-0.4, -0.2) is 82.2 Å². The lowest BCUT2D eigenvalue weighted by molar-refractivity contribution is -0.142. The van der Waals surface area contributed by atoms with E-state index in [0.29, 0.717) is 24.9 Å². The zero-order valence-electron chi connectivity index (χ0n) is 19.7. The number of carbonyl (C=O) groups is 5. The van der Waals surface area contributed by atoms with Gasteiger partial charge in [-0.1, -0.05) is 12.1 Å². The van der Waals surface area contributed by atoms with Gasteiger partial charge in [-0.25, -0.2) is 4.79 Å². The van der Waals surface area contributed by atoms with Gasteiger partial charge in [-0.15, -0.1) is 0 Å². The third-order valence-corrected chi connectivity index (χ3v) is 5.14. The number of aliphatic carboxylic acids is 1. The average Bonchev–Trinajstić information content (AvgIpc) is 2.82. The predicted octanol–water partition coefficient (Wildman–Crippen LogP) is -3.20. The number of amides is 4. The van der Waals surface area contributed by atoms with E-state index in [1.54, 1.807) is 0 Å². The molecule has 14 heteroatoms. The van der Waals surface area contributed by atoms with Crippen LogP contribution in [0.2, 0.25) is 0 Å². The molecule has 0 spiro atoms. The van der Waals surface area contributed by atoms with Crippen LogP contribution >= 0.6 is 0 Å². The monoisotopic (exact) mass is 510 g/mol. The van der Waals surface area contributed by atoms with Gasteiger partial charge in [0.2, 0.25) is 23.6 Å². The summed E-state index contributed by atoms with van der Waals surface area (Å²) in [5.74, 6) is -4.89. The minimum absolute atomic E-state index is 0.00473. The van der Waals surface area contributed by atoms with E-state index in [1.807, 2.05) is 0 Å². The van der Waals surface area contributed by atoms with Gasteiger partial charge in [-0.3, -0.25) is 19.2 Å². The Balaban J connectivity index is 3.02. The van der Waals surface area contributed by atoms with E-state index in [4.69, 9.17) is 22.3 Å². The molecule has 0 radical (unpaired) electrons. The van der Waals surface area contributed by atoms with Gasteiger partial charge in [0.1, 0.15) is 29.9 Å². The van der Waals surface area contributed by atoms with Crippen LogP contribution in [-0.2, 0) is 30.4 Å². The number of benzene rings is 1. The highest BCUT2D eigenvalue weighted by molar-refractivity contribution is 5.96. The van der Waals surface area contributed by atoms with E-state index in [0.717, 1.165) is 0 Å². The van der Waals surface area contributed by atoms with Crippen molar-refractivity contribution >= 4 is 29.6 Å². The largest absolute Gasteiger partial charge is 0.508 e. The normalized spacial score (nSPS) is 14.1. The lowest BCUT2D eigenvalue weighted by atomic mass is 10.0. The number of nitrogens with two attached hydrogens (primary N) is 3. The standard InChI is InChI=1S/C22H34N6O8/c23-8-2-1-3-15(26-21(34)16(10-18(25)31)27-19(32)14(24)11-29)20(33)28-17(22(35)36)9-12-4-6-13(30)7-5-12/h4-7,14-17,29-30H,1-3,8-11,23-24H2,(H2,25,31)(H,26,34)(H,27,32)(H,28,33)(H,35,36). The third kappa shape index (κ3) is 10.7. The topological polar surface area (TPSA) is 260 Å². The first-order valence-corrected chi connectivity index (χ1v) is 11.2. The Hall–Kier alpha value is -3.75. The minimum atomic E-state index is -1.48. The first kappa shape index (κ1) is 30.3. The molecule has 0 aromatic heterocycles. The zero-order chi connectivity index (χ0) is 27.3. The Bertz CT molecular complexity index is 910. The van der Waals surface area contributed by atoms with Gasteiger partial charge in [0.05, 0.1) is 13.0 Å². The number of unbranched alkanes of at least 4 members (excludes halogenated alkanes) is 1. The van der Waals surface area contributed by atoms with Gasteiger partial charge in [-0.2, -0.15) is 0 Å². The first-order valence-electron chi connectivity index (χ1n) is 11.2. The Morgan fingerprint density at radius 2 is 1.42 bits per heavy atom. The van der Waals surface area contributed by atoms with E-state index in [2.05, 4.69) is 16.0 Å². The van der Waals surface area contributed by atoms with Gasteiger partial charge in [-0.05, 0) is 43.5 Å². The summed E-state index contributed by atoms with van der Waals surface area (Å²) < 4.78 is 0. The van der Waals surface area contributed by atoms with Crippen molar-refractivity contribution in [2.75, 3.05) is 13.2 Å². The van der Waals surface area contributed by atoms with Crippen LogP contribution in [0.5, 0.6) is 5.75 Å². The van der Waals surface area contributed by atoms with E-state index < -0.39 is 66.8 Å². The molecule has 4 atom stereocenters. The second kappa shape index (κ2) is 15.3. The fourth-order valence-corrected chi connectivity index (χ4v) is 3.15. The van der Waals surface area contributed by atoms with Crippen LogP contribution in [0.4, 0.5) is 0 Å². The summed E-state index contributed by atoms with van der Waals surface area (Å²) in [6.45, 7) is -0.390. The summed E-state index contributed by atoms with van der Waals surface area (Å²) in [6, 6.07) is 0.365. The van der Waals surface area contributed by atoms with Crippen LogP contribution in [0.25, 0.3) is 0 Å². The number of rotatable bonds is 16. The number of nitrogens with one attached hydrogen (secondary N) is 3. The lowest BCUT2D eigenvalue weighted by Crippen LogP contribution is -2.58. The number of hydrogen-bond acceptors (Lipinski definition) is 9. The Labute approximate surface area is 207 Å². The molecule has 0 aliphatic heterocycles. The van der Waals surface area contributed by atoms with Gasteiger partial charge in [0.15, 0.2) is 0 Å². The molecule has 200 valence electrons. The SMILES string of the molecule is NCCCCC(NC(=O)C(CC(N)=O)NC(=O)C(N)CO)C(=O)NC(Cc1ccc(O)cc1)C(=O)O. The number of aliphatic hydroxyl groups excluding tert-OH is 1. The van der Waals surface area contributed by atoms with E-state index >= 15 is 0 Å². The molecule has 1 aromatic rings. The van der Waals surface area contributed by atoms with Crippen LogP contribution in [0.3, 0.4) is 0 Å². The smallest absolute Gasteiger partial charge is 0.326 e. The Kier molecular flexibility index (Phi) is 12.9. The highest BCUT2D eigenvalue weighted by atomic mass is 16.4. The van der Waals surface area contributed by atoms with Gasteiger partial charge >= 0.3 is 5.97 Å². The molecule has 1 aromatic carbocycles. The molecule has 0 aliphatic carbocycles. The number of primary amides is 1. The highest BCUT2D eigenvalue weighted by Crippen LogP contribution is 2.12. The van der Waals surface area contributed by atoms with Gasteiger partial charge in [0, 0.05) is 6.42 Å². The molecule has 0 heterocycles. The zero-order valence-corrected chi connectivity index (χ0v) is 19.7. The van der Waals surface area contributed by atoms with E-state index in [1.165, 1.54) is 24.3 Å². The minimum Gasteiger partial charge on any atom is -0.508 e. The number of carboxylic acids is 1. The third-order valence-electron chi connectivity index (χ3n) is 5.14. The quantitative estimate of drug-likeness (QED) is 0.101. The molecular formula is C22H34N6O8. The fraction of sp³-hybridized carbons (Fsp3) is 0.500. The maximum Gasteiger partial charge on any atom is 0.326 e. The molecule has 14 nitrogen and oxygen atoms in total. The predicted molar refractivity (Wildman–Crippen MR) is 127 cm³/mol. The molecule has 12 N–H and O–H groups in total. The van der Waals surface area contributed by atoms with Gasteiger partial charge < -0.3 is 48.5 Å². The van der Waals surface area contributed by atoms with Crippen molar-refractivity contribution in [2.45, 2.75) is 56.3 Å². The molecule has 36 heavy (non-hydrogen) atoms. The van der Waals surface area contributed by atoms with Crippen LogP contribution in [0, 0.1) is 0 Å². The van der Waals surface area contributed by atoms with Crippen molar-refractivity contribution in [3.05, 3.63) is 29.8 Å². The van der Waals surface area contributed by atoms with Crippen molar-refractivity contribution in [2.24, 2.45) is 17.2 Å². The Morgan fingerprint density at radius 1 is 0.861 bits per heavy atom. The average molecular weight is 511 g/mol. The molecular weight excluding hydrogens is 476 g/mol. The Morgan fingerprint density at radius 3 is 1.94 bits per heavy atom. The number of aromatic hydroxyl groups is 1. The molecule has 4 amide bonds. The second-order valence-electron chi connectivity index (χ2n) is 8.14. The summed E-state index contributed by atoms with van der Waals surface area (Å²) in [6.07, 6.45) is 0.318. The number of carboxylic acid groups (broad SMARTS) is 1. The molecule has 0 bridgehead atoms. The van der Waals surface area contributed by atoms with Crippen molar-refractivity contribution < 1.29 is 39.3 Å². The maximum atomic E-state index is 13.0. The van der Waals surface area contributed by atoms with Gasteiger partial charge in [0.25, 0.3) is 0 Å². The van der Waals surface area contributed by atoms with Crippen LogP contribution < -0.4 is 33.2 Å². The summed E-state index contributed by atoms with van der Waals surface area (Å²) in [7, 11) is 0. The van der Waals surface area contributed by atoms with E-state index in [-0.39, 0.29) is 18.6 Å². The summed E-state index contributed by atoms with van der Waals surface area (Å²) in [4.78, 5) is 61.0. The maximum absolute atomic E-state index is 13.0. The highest BCUT2D eigenvalue weighted by Gasteiger charge is 2.31. The fourth-order valence-electron chi connectivity index (χ4n) is 3.15. The van der Waals surface area contributed by atoms with Crippen molar-refractivity contribution in [1.82, 2.24) is 16.0 Å². The summed E-state index contributed by atoms with van der Waals surface area (Å²) in [5, 5.41) is 35.0. The first-order chi connectivity index (χ1) is 17.0. The molecule has 0 aliphatic rings. The number of aliphatic hydroxyl groups is 1. The van der Waals surface area contributed by atoms with Crippen molar-refractivity contribution in [1.29, 1.82) is 0 Å². The molecule has 0 saturated carbocycles. The second-order valence-corrected chi connectivity index (χ2v) is 8.14. The molecule has 0 fully saturated rings. The number of hydrogen-bond donors (Lipinski definition) is 9. The van der Waals surface area contributed by atoms with E-state index in [9.17, 15) is 34.2 Å². The number of phenolic OH excluding ortho intramolecular Hbond substituents is 1. The molecule has 4 unspecified atom stereocenters. The summed E-state index contributed by atoms with van der Waals surface area (Å²) in [5.41, 5.74) is 16.6.